The lowest BCUT2D eigenvalue weighted by molar-refractivity contribution is 0.0734. The first-order valence-corrected chi connectivity index (χ1v) is 9.28. The first-order chi connectivity index (χ1) is 13.1. The van der Waals surface area contributed by atoms with Crippen molar-refractivity contribution in [1.29, 1.82) is 0 Å². The minimum atomic E-state index is -0.126. The predicted octanol–water partition coefficient (Wildman–Crippen LogP) is 3.19. The van der Waals surface area contributed by atoms with Gasteiger partial charge in [-0.05, 0) is 43.3 Å². The summed E-state index contributed by atoms with van der Waals surface area (Å²) in [6.07, 6.45) is 0. The highest BCUT2D eigenvalue weighted by Gasteiger charge is 2.25. The third-order valence-electron chi connectivity index (χ3n) is 4.72. The summed E-state index contributed by atoms with van der Waals surface area (Å²) < 4.78 is 1.67. The molecule has 4 rings (SSSR count). The minimum absolute atomic E-state index is 0.126. The van der Waals surface area contributed by atoms with E-state index in [0.29, 0.717) is 23.9 Å². The summed E-state index contributed by atoms with van der Waals surface area (Å²) in [6.45, 7) is 4.75. The van der Waals surface area contributed by atoms with Gasteiger partial charge in [0.1, 0.15) is 5.82 Å². The summed E-state index contributed by atoms with van der Waals surface area (Å²) in [5.74, 6) is 0.776. The number of hydrogen-bond donors (Lipinski definition) is 0. The first-order valence-electron chi connectivity index (χ1n) is 8.91. The van der Waals surface area contributed by atoms with Crippen molar-refractivity contribution in [2.45, 2.75) is 6.92 Å². The lowest BCUT2D eigenvalue weighted by Crippen LogP contribution is -2.49. The maximum atomic E-state index is 12.8. The molecule has 1 aromatic heterocycles. The van der Waals surface area contributed by atoms with Gasteiger partial charge in [-0.1, -0.05) is 29.8 Å². The number of hydrogen-bond acceptors (Lipinski definition) is 4. The zero-order chi connectivity index (χ0) is 18.8. The molecule has 0 atom stereocenters. The number of piperazine rings is 1. The second kappa shape index (κ2) is 7.40. The smallest absolute Gasteiger partial charge is 0.293 e. The lowest BCUT2D eigenvalue weighted by Gasteiger charge is -2.35. The molecule has 0 spiro atoms. The fourth-order valence-electron chi connectivity index (χ4n) is 3.26. The number of anilines is 1. The van der Waals surface area contributed by atoms with Crippen molar-refractivity contribution < 1.29 is 4.79 Å². The molecule has 6 nitrogen and oxygen atoms in total. The molecule has 0 aliphatic carbocycles. The van der Waals surface area contributed by atoms with Gasteiger partial charge in [-0.3, -0.25) is 4.79 Å². The van der Waals surface area contributed by atoms with Crippen molar-refractivity contribution in [3.8, 4) is 5.69 Å². The van der Waals surface area contributed by atoms with Crippen LogP contribution < -0.4 is 4.90 Å². The second-order valence-electron chi connectivity index (χ2n) is 6.49. The van der Waals surface area contributed by atoms with Crippen LogP contribution in [0.2, 0.25) is 5.02 Å². The van der Waals surface area contributed by atoms with Gasteiger partial charge in [0.15, 0.2) is 0 Å². The van der Waals surface area contributed by atoms with E-state index in [1.54, 1.807) is 16.8 Å². The maximum Gasteiger partial charge on any atom is 0.293 e. The number of para-hydroxylation sites is 1. The molecule has 0 radical (unpaired) electrons. The molecule has 0 bridgehead atoms. The number of halogens is 1. The summed E-state index contributed by atoms with van der Waals surface area (Å²) in [5.41, 5.74) is 2.02. The Bertz CT molecular complexity index is 931. The Labute approximate surface area is 163 Å². The molecule has 1 saturated heterocycles. The van der Waals surface area contributed by atoms with Crippen LogP contribution in [0.1, 0.15) is 16.4 Å². The van der Waals surface area contributed by atoms with Gasteiger partial charge in [-0.2, -0.15) is 0 Å². The molecule has 0 unspecified atom stereocenters. The van der Waals surface area contributed by atoms with Crippen molar-refractivity contribution in [3.05, 3.63) is 71.3 Å². The fraction of sp³-hybridized carbons (Fsp3) is 0.250. The molecule has 1 amide bonds. The molecule has 1 aliphatic heterocycles. The van der Waals surface area contributed by atoms with Crippen LogP contribution in [0.5, 0.6) is 0 Å². The van der Waals surface area contributed by atoms with Crippen LogP contribution in [-0.2, 0) is 0 Å². The largest absolute Gasteiger partial charge is 0.368 e. The Balaban J connectivity index is 1.46. The Morgan fingerprint density at radius 1 is 0.926 bits per heavy atom. The van der Waals surface area contributed by atoms with Gasteiger partial charge in [0, 0.05) is 36.9 Å². The lowest BCUT2D eigenvalue weighted by atomic mass is 10.2. The normalized spacial score (nSPS) is 14.4. The van der Waals surface area contributed by atoms with E-state index in [2.05, 4.69) is 27.1 Å². The predicted molar refractivity (Wildman–Crippen MR) is 106 cm³/mol. The van der Waals surface area contributed by atoms with Crippen LogP contribution in [0.4, 0.5) is 5.69 Å². The number of rotatable bonds is 3. The third-order valence-corrected chi connectivity index (χ3v) is 4.97. The number of aryl methyl sites for hydroxylation is 1. The van der Waals surface area contributed by atoms with Crippen LogP contribution in [-0.4, -0.2) is 51.8 Å². The quantitative estimate of drug-likeness (QED) is 0.699. The number of benzene rings is 2. The zero-order valence-corrected chi connectivity index (χ0v) is 15.8. The van der Waals surface area contributed by atoms with Gasteiger partial charge >= 0.3 is 0 Å². The molecule has 0 saturated carbocycles. The number of carbonyl (C=O) groups is 1. The summed E-state index contributed by atoms with van der Waals surface area (Å²) in [4.78, 5) is 21.3. The van der Waals surface area contributed by atoms with E-state index in [-0.39, 0.29) is 11.7 Å². The Hall–Kier alpha value is -2.86. The maximum absolute atomic E-state index is 12.8. The molecule has 1 fully saturated rings. The number of aromatic nitrogens is 3. The summed E-state index contributed by atoms with van der Waals surface area (Å²) in [7, 11) is 0. The monoisotopic (exact) mass is 381 g/mol. The van der Waals surface area contributed by atoms with Gasteiger partial charge in [-0.15, -0.1) is 5.10 Å². The highest BCUT2D eigenvalue weighted by Crippen LogP contribution is 2.18. The molecule has 27 heavy (non-hydrogen) atoms. The van der Waals surface area contributed by atoms with E-state index in [9.17, 15) is 4.79 Å². The van der Waals surface area contributed by atoms with Crippen molar-refractivity contribution in [2.24, 2.45) is 0 Å². The Morgan fingerprint density at radius 2 is 1.59 bits per heavy atom. The second-order valence-corrected chi connectivity index (χ2v) is 6.92. The topological polar surface area (TPSA) is 54.3 Å². The van der Waals surface area contributed by atoms with Crippen molar-refractivity contribution in [3.63, 3.8) is 0 Å². The van der Waals surface area contributed by atoms with Crippen LogP contribution in [0.3, 0.4) is 0 Å². The number of amides is 1. The van der Waals surface area contributed by atoms with Crippen molar-refractivity contribution in [2.75, 3.05) is 31.1 Å². The molecule has 0 N–H and O–H groups in total. The molecule has 7 heteroatoms. The first kappa shape index (κ1) is 17.5. The van der Waals surface area contributed by atoms with Gasteiger partial charge in [-0.25, -0.2) is 9.67 Å². The Kier molecular flexibility index (Phi) is 4.81. The van der Waals surface area contributed by atoms with Gasteiger partial charge in [0.25, 0.3) is 5.91 Å². The van der Waals surface area contributed by atoms with Gasteiger partial charge in [0.2, 0.25) is 5.82 Å². The van der Waals surface area contributed by atoms with Crippen molar-refractivity contribution in [1.82, 2.24) is 19.7 Å². The van der Waals surface area contributed by atoms with Gasteiger partial charge < -0.3 is 9.80 Å². The van der Waals surface area contributed by atoms with Crippen LogP contribution in [0.15, 0.2) is 54.6 Å². The van der Waals surface area contributed by atoms with E-state index >= 15 is 0 Å². The molecule has 138 valence electrons. The Morgan fingerprint density at radius 3 is 2.26 bits per heavy atom. The molecule has 3 aromatic rings. The average molecular weight is 382 g/mol. The molecular formula is C20H20ClN5O. The van der Waals surface area contributed by atoms with Gasteiger partial charge in [0.05, 0.1) is 5.69 Å². The number of carbonyl (C=O) groups excluding carboxylic acids is 1. The summed E-state index contributed by atoms with van der Waals surface area (Å²) in [5, 5.41) is 5.08. The number of nitrogens with zero attached hydrogens (tertiary/aromatic N) is 5. The highest BCUT2D eigenvalue weighted by molar-refractivity contribution is 6.30. The van der Waals surface area contributed by atoms with Crippen LogP contribution in [0, 0.1) is 6.92 Å². The highest BCUT2D eigenvalue weighted by atomic mass is 35.5. The van der Waals surface area contributed by atoms with E-state index in [1.807, 2.05) is 42.2 Å². The summed E-state index contributed by atoms with van der Waals surface area (Å²) >= 11 is 5.94. The average Bonchev–Trinajstić information content (AvgIpc) is 3.10. The zero-order valence-electron chi connectivity index (χ0n) is 15.0. The van der Waals surface area contributed by atoms with E-state index < -0.39 is 0 Å². The van der Waals surface area contributed by atoms with E-state index in [4.69, 9.17) is 11.6 Å². The van der Waals surface area contributed by atoms with Crippen molar-refractivity contribution >= 4 is 23.2 Å². The SMILES string of the molecule is Cc1nc(C(=O)N2CCN(c3ccccc3)CC2)nn1-c1ccc(Cl)cc1. The van der Waals surface area contributed by atoms with Crippen LogP contribution >= 0.6 is 11.6 Å². The van der Waals surface area contributed by atoms with E-state index in [0.717, 1.165) is 18.8 Å². The minimum Gasteiger partial charge on any atom is -0.368 e. The third kappa shape index (κ3) is 3.66. The van der Waals surface area contributed by atoms with E-state index in [1.165, 1.54) is 5.69 Å². The molecule has 2 aromatic carbocycles. The van der Waals surface area contributed by atoms with Crippen LogP contribution in [0.25, 0.3) is 5.69 Å². The molecule has 1 aliphatic rings. The molecular weight excluding hydrogens is 362 g/mol. The summed E-state index contributed by atoms with van der Waals surface area (Å²) in [6, 6.07) is 17.6. The fourth-order valence-corrected chi connectivity index (χ4v) is 3.38. The molecule has 2 heterocycles. The standard InChI is InChI=1S/C20H20ClN5O/c1-15-22-19(23-26(15)18-9-7-16(21)8-10-18)20(27)25-13-11-24(12-14-25)17-5-3-2-4-6-17/h2-10H,11-14H2,1H3.